The van der Waals surface area contributed by atoms with Crippen LogP contribution in [0.5, 0.6) is 0 Å². The number of anilines is 1. The van der Waals surface area contributed by atoms with Crippen LogP contribution >= 0.6 is 11.6 Å². The molecule has 0 saturated heterocycles. The van der Waals surface area contributed by atoms with Gasteiger partial charge in [0.05, 0.1) is 10.3 Å². The van der Waals surface area contributed by atoms with Crippen LogP contribution in [0, 0.1) is 28.4 Å². The fourth-order valence-corrected chi connectivity index (χ4v) is 3.39. The van der Waals surface area contributed by atoms with Crippen molar-refractivity contribution in [1.82, 2.24) is 5.16 Å². The van der Waals surface area contributed by atoms with Gasteiger partial charge in [0, 0.05) is 16.7 Å². The molecule has 0 spiro atoms. The number of rotatable bonds is 5. The lowest BCUT2D eigenvalue weighted by Gasteiger charge is -2.06. The van der Waals surface area contributed by atoms with Crippen LogP contribution in [-0.4, -0.2) is 16.0 Å². The molecule has 0 saturated carbocycles. The average molecular weight is 459 g/mol. The van der Waals surface area contributed by atoms with Crippen LogP contribution in [0.4, 0.5) is 11.4 Å². The minimum atomic E-state index is -0.757. The molecule has 4 aromatic rings. The van der Waals surface area contributed by atoms with E-state index in [-0.39, 0.29) is 16.9 Å². The highest BCUT2D eigenvalue weighted by atomic mass is 35.5. The number of carbonyl (C=O) groups is 1. The van der Waals surface area contributed by atoms with Crippen molar-refractivity contribution < 1.29 is 14.2 Å². The summed E-state index contributed by atoms with van der Waals surface area (Å²) >= 11 is 5.95. The molecule has 0 aliphatic carbocycles. The summed E-state index contributed by atoms with van der Waals surface area (Å²) in [5.74, 6) is -0.233. The number of nitro benzene ring substituents is 1. The number of nitro groups is 1. The monoisotopic (exact) mass is 458 g/mol. The Balaban J connectivity index is 1.67. The normalized spacial score (nSPS) is 11.2. The van der Waals surface area contributed by atoms with E-state index in [9.17, 15) is 20.2 Å². The number of hydrogen-bond acceptors (Lipinski definition) is 6. The van der Waals surface area contributed by atoms with Crippen LogP contribution in [0.3, 0.4) is 0 Å². The zero-order valence-corrected chi connectivity index (χ0v) is 18.0. The standard InChI is InChI=1S/C24H15ClN4O4/c1-14-2-8-21(22(10-14)29(31)32)27-24(30)17(13-26)11-15-3-9-20-19(12-15)23(33-28-20)16-4-6-18(25)7-5-16/h2-12H,1H3,(H,27,30)/b17-11+. The first kappa shape index (κ1) is 21.7. The van der Waals surface area contributed by atoms with Crippen molar-refractivity contribution in [3.63, 3.8) is 0 Å². The fourth-order valence-electron chi connectivity index (χ4n) is 3.26. The van der Waals surface area contributed by atoms with Gasteiger partial charge < -0.3 is 9.84 Å². The van der Waals surface area contributed by atoms with Gasteiger partial charge in [0.15, 0.2) is 5.76 Å². The second kappa shape index (κ2) is 8.94. The maximum Gasteiger partial charge on any atom is 0.293 e. The molecular formula is C24H15ClN4O4. The Morgan fingerprint density at radius 2 is 1.94 bits per heavy atom. The average Bonchev–Trinajstić information content (AvgIpc) is 3.22. The number of hydrogen-bond donors (Lipinski definition) is 1. The molecule has 0 aliphatic heterocycles. The third-order valence-corrected chi connectivity index (χ3v) is 5.13. The van der Waals surface area contributed by atoms with Crippen LogP contribution in [-0.2, 0) is 4.79 Å². The molecule has 1 amide bonds. The van der Waals surface area contributed by atoms with Crippen molar-refractivity contribution in [3.8, 4) is 17.4 Å². The molecule has 3 aromatic carbocycles. The molecule has 1 aromatic heterocycles. The molecule has 33 heavy (non-hydrogen) atoms. The molecule has 0 unspecified atom stereocenters. The molecule has 1 heterocycles. The number of halogens is 1. The van der Waals surface area contributed by atoms with E-state index >= 15 is 0 Å². The highest BCUT2D eigenvalue weighted by molar-refractivity contribution is 6.30. The number of carbonyl (C=O) groups excluding carboxylic acids is 1. The van der Waals surface area contributed by atoms with Crippen LogP contribution in [0.1, 0.15) is 11.1 Å². The van der Waals surface area contributed by atoms with Gasteiger partial charge in [0.25, 0.3) is 11.6 Å². The van der Waals surface area contributed by atoms with E-state index in [4.69, 9.17) is 16.1 Å². The predicted molar refractivity (Wildman–Crippen MR) is 125 cm³/mol. The van der Waals surface area contributed by atoms with Crippen molar-refractivity contribution in [2.75, 3.05) is 5.32 Å². The summed E-state index contributed by atoms with van der Waals surface area (Å²) in [4.78, 5) is 23.4. The number of nitrogens with zero attached hydrogens (tertiary/aromatic N) is 3. The second-order valence-corrected chi connectivity index (χ2v) is 7.63. The minimum absolute atomic E-state index is 0.0104. The third-order valence-electron chi connectivity index (χ3n) is 4.88. The van der Waals surface area contributed by atoms with E-state index < -0.39 is 10.8 Å². The molecule has 0 radical (unpaired) electrons. The Kier molecular flexibility index (Phi) is 5.89. The molecule has 8 nitrogen and oxygen atoms in total. The predicted octanol–water partition coefficient (Wildman–Crippen LogP) is 5.91. The summed E-state index contributed by atoms with van der Waals surface area (Å²) in [6, 6.07) is 18.5. The van der Waals surface area contributed by atoms with Crippen molar-refractivity contribution in [1.29, 1.82) is 5.26 Å². The lowest BCUT2D eigenvalue weighted by atomic mass is 10.0. The summed E-state index contributed by atoms with van der Waals surface area (Å²) in [5.41, 5.74) is 2.16. The zero-order chi connectivity index (χ0) is 23.5. The van der Waals surface area contributed by atoms with Gasteiger partial charge in [0.2, 0.25) is 0 Å². The van der Waals surface area contributed by atoms with Gasteiger partial charge in [-0.15, -0.1) is 0 Å². The number of aromatic nitrogens is 1. The van der Waals surface area contributed by atoms with E-state index in [1.54, 1.807) is 55.5 Å². The molecular weight excluding hydrogens is 444 g/mol. The summed E-state index contributed by atoms with van der Waals surface area (Å²) < 4.78 is 5.48. The van der Waals surface area contributed by atoms with Gasteiger partial charge in [-0.05, 0) is 66.6 Å². The van der Waals surface area contributed by atoms with Crippen LogP contribution in [0.25, 0.3) is 28.3 Å². The lowest BCUT2D eigenvalue weighted by molar-refractivity contribution is -0.384. The quantitative estimate of drug-likeness (QED) is 0.171. The van der Waals surface area contributed by atoms with E-state index in [0.717, 1.165) is 5.56 Å². The minimum Gasteiger partial charge on any atom is -0.355 e. The number of benzene rings is 3. The van der Waals surface area contributed by atoms with Gasteiger partial charge in [-0.25, -0.2) is 0 Å². The molecule has 0 fully saturated rings. The Morgan fingerprint density at radius 3 is 2.64 bits per heavy atom. The molecule has 4 rings (SSSR count). The number of amides is 1. The van der Waals surface area contributed by atoms with Crippen molar-refractivity contribution >= 4 is 45.9 Å². The van der Waals surface area contributed by atoms with Gasteiger partial charge in [0.1, 0.15) is 22.8 Å². The number of nitriles is 1. The summed E-state index contributed by atoms with van der Waals surface area (Å²) in [6.45, 7) is 1.71. The third kappa shape index (κ3) is 4.59. The van der Waals surface area contributed by atoms with E-state index in [2.05, 4.69) is 10.5 Å². The lowest BCUT2D eigenvalue weighted by Crippen LogP contribution is -2.14. The SMILES string of the molecule is Cc1ccc(NC(=O)/C(C#N)=C/c2ccc3noc(-c4ccc(Cl)cc4)c3c2)c([N+](=O)[O-])c1. The number of fused-ring (bicyclic) bond motifs is 1. The van der Waals surface area contributed by atoms with Gasteiger partial charge >= 0.3 is 0 Å². The second-order valence-electron chi connectivity index (χ2n) is 7.20. The Hall–Kier alpha value is -4.48. The van der Waals surface area contributed by atoms with Crippen molar-refractivity contribution in [2.24, 2.45) is 0 Å². The topological polar surface area (TPSA) is 122 Å². The van der Waals surface area contributed by atoms with Crippen molar-refractivity contribution in [2.45, 2.75) is 6.92 Å². The zero-order valence-electron chi connectivity index (χ0n) is 17.2. The highest BCUT2D eigenvalue weighted by Gasteiger charge is 2.18. The van der Waals surface area contributed by atoms with Crippen LogP contribution in [0.15, 0.2) is 70.8 Å². The highest BCUT2D eigenvalue weighted by Crippen LogP contribution is 2.31. The van der Waals surface area contributed by atoms with Gasteiger partial charge in [-0.2, -0.15) is 5.26 Å². The first-order valence-corrected chi connectivity index (χ1v) is 10.1. The summed E-state index contributed by atoms with van der Waals surface area (Å²) in [5, 5.41) is 28.6. The van der Waals surface area contributed by atoms with E-state index in [1.165, 1.54) is 18.2 Å². The first-order chi connectivity index (χ1) is 15.9. The fraction of sp³-hybridized carbons (Fsp3) is 0.0417. The maximum absolute atomic E-state index is 12.7. The number of nitrogens with one attached hydrogen (secondary N) is 1. The van der Waals surface area contributed by atoms with E-state index in [1.807, 2.05) is 6.07 Å². The smallest absolute Gasteiger partial charge is 0.293 e. The van der Waals surface area contributed by atoms with Crippen LogP contribution in [0.2, 0.25) is 5.02 Å². The first-order valence-electron chi connectivity index (χ1n) is 9.69. The Bertz CT molecular complexity index is 1470. The summed E-state index contributed by atoms with van der Waals surface area (Å²) in [6.07, 6.45) is 1.40. The molecule has 1 N–H and O–H groups in total. The molecule has 0 aliphatic rings. The van der Waals surface area contributed by atoms with Crippen LogP contribution < -0.4 is 5.32 Å². The Labute approximate surface area is 192 Å². The molecule has 0 atom stereocenters. The summed E-state index contributed by atoms with van der Waals surface area (Å²) in [7, 11) is 0. The molecule has 9 heteroatoms. The maximum atomic E-state index is 12.7. The largest absolute Gasteiger partial charge is 0.355 e. The van der Waals surface area contributed by atoms with Gasteiger partial charge in [-0.1, -0.05) is 28.9 Å². The van der Waals surface area contributed by atoms with Gasteiger partial charge in [-0.3, -0.25) is 14.9 Å². The molecule has 0 bridgehead atoms. The van der Waals surface area contributed by atoms with Crippen molar-refractivity contribution in [3.05, 3.63) is 92.5 Å². The van der Waals surface area contributed by atoms with E-state index in [0.29, 0.717) is 32.8 Å². The molecule has 162 valence electrons. The Morgan fingerprint density at radius 1 is 1.18 bits per heavy atom. The number of aryl methyl sites for hydroxylation is 1.